The first kappa shape index (κ1) is 17.5. The zero-order chi connectivity index (χ0) is 16.0. The largest absolute Gasteiger partial charge is 0.481 e. The Morgan fingerprint density at radius 3 is 2.33 bits per heavy atom. The maximum atomic E-state index is 12.3. The van der Waals surface area contributed by atoms with Crippen LogP contribution in [0.15, 0.2) is 24.3 Å². The van der Waals surface area contributed by atoms with Crippen LogP contribution >= 0.6 is 0 Å². The molecule has 1 rings (SSSR count). The molecule has 2 unspecified atom stereocenters. The van der Waals surface area contributed by atoms with Crippen molar-refractivity contribution in [2.24, 2.45) is 11.7 Å². The van der Waals surface area contributed by atoms with E-state index in [-0.39, 0.29) is 11.9 Å². The first-order valence-corrected chi connectivity index (χ1v) is 7.55. The normalized spacial score (nSPS) is 13.9. The number of nitrogens with zero attached hydrogens (tertiary/aromatic N) is 1. The van der Waals surface area contributed by atoms with Gasteiger partial charge in [-0.3, -0.25) is 4.79 Å². The number of benzene rings is 1. The molecule has 0 spiro atoms. The molecule has 0 heterocycles. The Bertz CT molecular complexity index is 443. The molecule has 0 aliphatic rings. The average molecular weight is 292 g/mol. The molecule has 2 N–H and O–H groups in total. The standard InChI is InChI=1S/C17H28N2O2/c1-12(2)16(18)10-11-19(5)17(20)14(4)21-15-8-6-13(3)7-9-15/h6-9,12,14,16H,10-11,18H2,1-5H3. The molecule has 2 atom stereocenters. The van der Waals surface area contributed by atoms with E-state index in [1.807, 2.05) is 31.2 Å². The van der Waals surface area contributed by atoms with Gasteiger partial charge in [-0.05, 0) is 38.3 Å². The lowest BCUT2D eigenvalue weighted by atomic mass is 10.0. The molecule has 4 nitrogen and oxygen atoms in total. The van der Waals surface area contributed by atoms with Crippen molar-refractivity contribution >= 4 is 5.91 Å². The number of hydrogen-bond donors (Lipinski definition) is 1. The zero-order valence-corrected chi connectivity index (χ0v) is 13.8. The molecule has 1 aromatic rings. The lowest BCUT2D eigenvalue weighted by Crippen LogP contribution is -2.40. The number of hydrogen-bond acceptors (Lipinski definition) is 3. The maximum Gasteiger partial charge on any atom is 0.263 e. The van der Waals surface area contributed by atoms with Gasteiger partial charge in [0.15, 0.2) is 6.10 Å². The average Bonchev–Trinajstić information content (AvgIpc) is 2.45. The summed E-state index contributed by atoms with van der Waals surface area (Å²) in [6.45, 7) is 8.64. The van der Waals surface area contributed by atoms with E-state index in [1.54, 1.807) is 18.9 Å². The van der Waals surface area contributed by atoms with E-state index in [0.29, 0.717) is 18.2 Å². The number of carbonyl (C=O) groups excluding carboxylic acids is 1. The second-order valence-corrected chi connectivity index (χ2v) is 6.03. The lowest BCUT2D eigenvalue weighted by Gasteiger charge is -2.24. The molecule has 0 saturated carbocycles. The van der Waals surface area contributed by atoms with Gasteiger partial charge in [-0.15, -0.1) is 0 Å². The molecule has 0 bridgehead atoms. The summed E-state index contributed by atoms with van der Waals surface area (Å²) in [5.74, 6) is 1.12. The van der Waals surface area contributed by atoms with Gasteiger partial charge in [-0.2, -0.15) is 0 Å². The minimum absolute atomic E-state index is 0.0217. The topological polar surface area (TPSA) is 55.6 Å². The van der Waals surface area contributed by atoms with Gasteiger partial charge in [-0.1, -0.05) is 31.5 Å². The third-order valence-electron chi connectivity index (χ3n) is 3.71. The van der Waals surface area contributed by atoms with Gasteiger partial charge in [-0.25, -0.2) is 0 Å². The van der Waals surface area contributed by atoms with Gasteiger partial charge in [0.1, 0.15) is 5.75 Å². The second kappa shape index (κ2) is 8.03. The molecule has 0 aliphatic heterocycles. The molecule has 118 valence electrons. The first-order chi connectivity index (χ1) is 9.81. The lowest BCUT2D eigenvalue weighted by molar-refractivity contribution is -0.136. The summed E-state index contributed by atoms with van der Waals surface area (Å²) in [4.78, 5) is 14.0. The monoisotopic (exact) mass is 292 g/mol. The van der Waals surface area contributed by atoms with Crippen molar-refractivity contribution in [2.75, 3.05) is 13.6 Å². The molecular formula is C17H28N2O2. The molecular weight excluding hydrogens is 264 g/mol. The minimum Gasteiger partial charge on any atom is -0.481 e. The van der Waals surface area contributed by atoms with E-state index in [2.05, 4.69) is 13.8 Å². The molecule has 0 fully saturated rings. The highest BCUT2D eigenvalue weighted by atomic mass is 16.5. The van der Waals surface area contributed by atoms with Gasteiger partial charge in [0.25, 0.3) is 5.91 Å². The van der Waals surface area contributed by atoms with Crippen molar-refractivity contribution in [3.8, 4) is 5.75 Å². The van der Waals surface area contributed by atoms with Crippen molar-refractivity contribution < 1.29 is 9.53 Å². The molecule has 0 saturated heterocycles. The zero-order valence-electron chi connectivity index (χ0n) is 13.8. The Balaban J connectivity index is 2.47. The van der Waals surface area contributed by atoms with Crippen molar-refractivity contribution in [2.45, 2.75) is 46.3 Å². The van der Waals surface area contributed by atoms with Crippen LogP contribution in [0.3, 0.4) is 0 Å². The highest BCUT2D eigenvalue weighted by Crippen LogP contribution is 2.14. The van der Waals surface area contributed by atoms with Crippen LogP contribution in [-0.4, -0.2) is 36.5 Å². The van der Waals surface area contributed by atoms with Crippen LogP contribution in [0.5, 0.6) is 5.75 Å². The summed E-state index contributed by atoms with van der Waals surface area (Å²) >= 11 is 0. The van der Waals surface area contributed by atoms with Gasteiger partial charge in [0.05, 0.1) is 0 Å². The highest BCUT2D eigenvalue weighted by Gasteiger charge is 2.20. The van der Waals surface area contributed by atoms with E-state index in [1.165, 1.54) is 5.56 Å². The summed E-state index contributed by atoms with van der Waals surface area (Å²) in [7, 11) is 1.80. The minimum atomic E-state index is -0.493. The Kier molecular flexibility index (Phi) is 6.69. The molecule has 4 heteroatoms. The Labute approximate surface area is 128 Å². The SMILES string of the molecule is Cc1ccc(OC(C)C(=O)N(C)CCC(N)C(C)C)cc1. The quantitative estimate of drug-likeness (QED) is 0.840. The summed E-state index contributed by atoms with van der Waals surface area (Å²) in [5.41, 5.74) is 7.18. The predicted molar refractivity (Wildman–Crippen MR) is 86.3 cm³/mol. The Morgan fingerprint density at radius 2 is 1.81 bits per heavy atom. The van der Waals surface area contributed by atoms with Crippen LogP contribution in [0, 0.1) is 12.8 Å². The summed E-state index contributed by atoms with van der Waals surface area (Å²) in [6.07, 6.45) is 0.310. The summed E-state index contributed by atoms with van der Waals surface area (Å²) in [5, 5.41) is 0. The number of nitrogens with two attached hydrogens (primary N) is 1. The van der Waals surface area contributed by atoms with Crippen LogP contribution in [-0.2, 0) is 4.79 Å². The van der Waals surface area contributed by atoms with Crippen molar-refractivity contribution in [1.82, 2.24) is 4.90 Å². The summed E-state index contributed by atoms with van der Waals surface area (Å²) in [6, 6.07) is 7.82. The number of amides is 1. The van der Waals surface area contributed by atoms with E-state index in [9.17, 15) is 4.79 Å². The van der Waals surface area contributed by atoms with E-state index in [4.69, 9.17) is 10.5 Å². The van der Waals surface area contributed by atoms with Crippen LogP contribution in [0.2, 0.25) is 0 Å². The third-order valence-corrected chi connectivity index (χ3v) is 3.71. The van der Waals surface area contributed by atoms with Gasteiger partial charge in [0, 0.05) is 19.6 Å². The van der Waals surface area contributed by atoms with Crippen LogP contribution in [0.1, 0.15) is 32.8 Å². The molecule has 21 heavy (non-hydrogen) atoms. The number of carbonyl (C=O) groups is 1. The Morgan fingerprint density at radius 1 is 1.24 bits per heavy atom. The fraction of sp³-hybridized carbons (Fsp3) is 0.588. The van der Waals surface area contributed by atoms with Gasteiger partial charge >= 0.3 is 0 Å². The second-order valence-electron chi connectivity index (χ2n) is 6.03. The van der Waals surface area contributed by atoms with Gasteiger partial charge in [0.2, 0.25) is 0 Å². The third kappa shape index (κ3) is 5.76. The van der Waals surface area contributed by atoms with Crippen molar-refractivity contribution in [1.29, 1.82) is 0 Å². The van der Waals surface area contributed by atoms with Crippen molar-refractivity contribution in [3.63, 3.8) is 0 Å². The molecule has 0 aliphatic carbocycles. The highest BCUT2D eigenvalue weighted by molar-refractivity contribution is 5.80. The number of aryl methyl sites for hydroxylation is 1. The molecule has 0 aromatic heterocycles. The molecule has 1 amide bonds. The van der Waals surface area contributed by atoms with Gasteiger partial charge < -0.3 is 15.4 Å². The van der Waals surface area contributed by atoms with Crippen LogP contribution in [0.25, 0.3) is 0 Å². The molecule has 1 aromatic carbocycles. The van der Waals surface area contributed by atoms with E-state index >= 15 is 0 Å². The summed E-state index contributed by atoms with van der Waals surface area (Å²) < 4.78 is 5.68. The first-order valence-electron chi connectivity index (χ1n) is 7.55. The molecule has 0 radical (unpaired) electrons. The fourth-order valence-electron chi connectivity index (χ4n) is 1.97. The fourth-order valence-corrected chi connectivity index (χ4v) is 1.97. The number of rotatable bonds is 7. The maximum absolute atomic E-state index is 12.3. The van der Waals surface area contributed by atoms with E-state index in [0.717, 1.165) is 6.42 Å². The Hall–Kier alpha value is -1.55. The predicted octanol–water partition coefficient (Wildman–Crippen LogP) is 2.59. The number of ether oxygens (including phenoxy) is 1. The number of likely N-dealkylation sites (N-methyl/N-ethyl adjacent to an activating group) is 1. The van der Waals surface area contributed by atoms with Crippen LogP contribution in [0.4, 0.5) is 0 Å². The van der Waals surface area contributed by atoms with Crippen molar-refractivity contribution in [3.05, 3.63) is 29.8 Å². The van der Waals surface area contributed by atoms with Crippen LogP contribution < -0.4 is 10.5 Å². The van der Waals surface area contributed by atoms with E-state index < -0.39 is 6.10 Å². The smallest absolute Gasteiger partial charge is 0.263 e.